The number of carbonyl (C=O) groups excluding carboxylic acids is 1. The van der Waals surface area contributed by atoms with Crippen LogP contribution in [0.4, 0.5) is 22.1 Å². The van der Waals surface area contributed by atoms with Crippen molar-refractivity contribution in [2.24, 2.45) is 0 Å². The van der Waals surface area contributed by atoms with Crippen LogP contribution in [0.2, 0.25) is 0 Å². The van der Waals surface area contributed by atoms with Crippen molar-refractivity contribution >= 4 is 23.4 Å². The summed E-state index contributed by atoms with van der Waals surface area (Å²) in [6.07, 6.45) is 0.903. The van der Waals surface area contributed by atoms with Gasteiger partial charge in [-0.1, -0.05) is 0 Å². The summed E-state index contributed by atoms with van der Waals surface area (Å²) in [6, 6.07) is 0. The van der Waals surface area contributed by atoms with Crippen molar-refractivity contribution in [3.63, 3.8) is 0 Å². The van der Waals surface area contributed by atoms with Crippen LogP contribution in [0.3, 0.4) is 0 Å². The third-order valence-corrected chi connectivity index (χ3v) is 4.12. The molecule has 26 heavy (non-hydrogen) atoms. The zero-order valence-electron chi connectivity index (χ0n) is 15.0. The Labute approximate surface area is 151 Å². The van der Waals surface area contributed by atoms with E-state index in [0.717, 1.165) is 0 Å². The maximum Gasteiger partial charge on any atom is 0.409 e. The molecule has 0 unspecified atom stereocenters. The molecular formula is C15H24N6O5. The summed E-state index contributed by atoms with van der Waals surface area (Å²) in [4.78, 5) is 36.1. The Balaban J connectivity index is 2.25. The van der Waals surface area contributed by atoms with Crippen LogP contribution in [0.15, 0.2) is 6.33 Å². The van der Waals surface area contributed by atoms with Gasteiger partial charge < -0.3 is 24.5 Å². The maximum atomic E-state index is 11.8. The minimum absolute atomic E-state index is 0.136. The Morgan fingerprint density at radius 3 is 2.58 bits per heavy atom. The number of ether oxygens (including phenoxy) is 1. The lowest BCUT2D eigenvalue weighted by Gasteiger charge is -2.34. The van der Waals surface area contributed by atoms with Gasteiger partial charge in [0, 0.05) is 39.3 Å². The molecule has 1 aromatic rings. The standard InChI is InChI=1S/C15H24N6O5/c1-3-18(9-10-22)13-12(21(24)25)14(17-11-16-13)19-5-7-20(8-6-19)15(23)26-4-2/h11,22H,3-10H2,1-2H3. The van der Waals surface area contributed by atoms with Gasteiger partial charge in [-0.05, 0) is 13.8 Å². The Morgan fingerprint density at radius 1 is 1.35 bits per heavy atom. The first-order valence-corrected chi connectivity index (χ1v) is 8.55. The van der Waals surface area contributed by atoms with Crippen molar-refractivity contribution < 1.29 is 19.6 Å². The molecule has 1 aliphatic heterocycles. The van der Waals surface area contributed by atoms with E-state index in [4.69, 9.17) is 4.74 Å². The van der Waals surface area contributed by atoms with Gasteiger partial charge >= 0.3 is 11.8 Å². The molecule has 0 saturated carbocycles. The fourth-order valence-electron chi connectivity index (χ4n) is 2.84. The summed E-state index contributed by atoms with van der Waals surface area (Å²) < 4.78 is 4.98. The average Bonchev–Trinajstić information content (AvgIpc) is 2.65. The van der Waals surface area contributed by atoms with E-state index in [9.17, 15) is 20.0 Å². The molecule has 0 bridgehead atoms. The van der Waals surface area contributed by atoms with Gasteiger partial charge in [0.25, 0.3) is 0 Å². The monoisotopic (exact) mass is 368 g/mol. The summed E-state index contributed by atoms with van der Waals surface area (Å²) >= 11 is 0. The topological polar surface area (TPSA) is 125 Å². The van der Waals surface area contributed by atoms with Crippen molar-refractivity contribution in [3.8, 4) is 0 Å². The third-order valence-electron chi connectivity index (χ3n) is 4.12. The van der Waals surface area contributed by atoms with Gasteiger partial charge in [-0.15, -0.1) is 0 Å². The molecule has 0 spiro atoms. The number of piperazine rings is 1. The lowest BCUT2D eigenvalue weighted by Crippen LogP contribution is -2.49. The molecule has 0 atom stereocenters. The van der Waals surface area contributed by atoms with Crippen molar-refractivity contribution in [3.05, 3.63) is 16.4 Å². The molecule has 11 heteroatoms. The predicted octanol–water partition coefficient (Wildman–Crippen LogP) is 0.482. The highest BCUT2D eigenvalue weighted by molar-refractivity contribution is 5.72. The highest BCUT2D eigenvalue weighted by Gasteiger charge is 2.32. The number of nitrogens with zero attached hydrogens (tertiary/aromatic N) is 6. The predicted molar refractivity (Wildman–Crippen MR) is 94.5 cm³/mol. The molecule has 1 saturated heterocycles. The Morgan fingerprint density at radius 2 is 2.04 bits per heavy atom. The van der Waals surface area contributed by atoms with E-state index in [1.54, 1.807) is 21.6 Å². The van der Waals surface area contributed by atoms with Crippen molar-refractivity contribution in [2.45, 2.75) is 13.8 Å². The number of aliphatic hydroxyl groups excluding tert-OH is 1. The number of anilines is 2. The molecule has 1 amide bonds. The molecule has 144 valence electrons. The Kier molecular flexibility index (Phi) is 6.89. The normalized spacial score (nSPS) is 14.3. The van der Waals surface area contributed by atoms with Crippen LogP contribution in [-0.4, -0.2) is 83.5 Å². The van der Waals surface area contributed by atoms with Crippen molar-refractivity contribution in [1.29, 1.82) is 0 Å². The second-order valence-electron chi connectivity index (χ2n) is 5.60. The number of amides is 1. The molecule has 2 heterocycles. The minimum atomic E-state index is -0.498. The molecule has 2 rings (SSSR count). The number of aliphatic hydroxyl groups is 1. The highest BCUT2D eigenvalue weighted by Crippen LogP contribution is 2.34. The van der Waals surface area contributed by atoms with E-state index in [1.165, 1.54) is 6.33 Å². The quantitative estimate of drug-likeness (QED) is 0.540. The molecule has 0 radical (unpaired) electrons. The highest BCUT2D eigenvalue weighted by atomic mass is 16.6. The molecular weight excluding hydrogens is 344 g/mol. The first-order valence-electron chi connectivity index (χ1n) is 8.55. The number of likely N-dealkylation sites (N-methyl/N-ethyl adjacent to an activating group) is 1. The van der Waals surface area contributed by atoms with E-state index in [1.807, 2.05) is 6.92 Å². The van der Waals surface area contributed by atoms with E-state index >= 15 is 0 Å². The number of carbonyl (C=O) groups is 1. The van der Waals surface area contributed by atoms with Gasteiger partial charge in [0.15, 0.2) is 0 Å². The average molecular weight is 368 g/mol. The van der Waals surface area contributed by atoms with E-state index < -0.39 is 4.92 Å². The van der Waals surface area contributed by atoms with E-state index in [-0.39, 0.29) is 36.6 Å². The number of hydrogen-bond donors (Lipinski definition) is 1. The van der Waals surface area contributed by atoms with Gasteiger partial charge in [-0.2, -0.15) is 0 Å². The Hall–Kier alpha value is -2.69. The van der Waals surface area contributed by atoms with Gasteiger partial charge in [0.05, 0.1) is 18.1 Å². The largest absolute Gasteiger partial charge is 0.450 e. The van der Waals surface area contributed by atoms with E-state index in [2.05, 4.69) is 9.97 Å². The lowest BCUT2D eigenvalue weighted by atomic mass is 10.3. The van der Waals surface area contributed by atoms with Gasteiger partial charge in [0.2, 0.25) is 11.6 Å². The van der Waals surface area contributed by atoms with Crippen LogP contribution in [0, 0.1) is 10.1 Å². The molecule has 1 N–H and O–H groups in total. The molecule has 1 aliphatic rings. The molecule has 1 aromatic heterocycles. The van der Waals surface area contributed by atoms with Crippen LogP contribution in [0.25, 0.3) is 0 Å². The second-order valence-corrected chi connectivity index (χ2v) is 5.60. The molecule has 1 fully saturated rings. The van der Waals surface area contributed by atoms with Crippen LogP contribution < -0.4 is 9.80 Å². The maximum absolute atomic E-state index is 11.8. The first kappa shape index (κ1) is 19.6. The fourth-order valence-corrected chi connectivity index (χ4v) is 2.84. The summed E-state index contributed by atoms with van der Waals surface area (Å²) in [6.45, 7) is 6.04. The smallest absolute Gasteiger partial charge is 0.409 e. The van der Waals surface area contributed by atoms with Crippen LogP contribution in [0.1, 0.15) is 13.8 Å². The molecule has 0 aliphatic carbocycles. The van der Waals surface area contributed by atoms with Crippen LogP contribution >= 0.6 is 0 Å². The van der Waals surface area contributed by atoms with E-state index in [0.29, 0.717) is 39.3 Å². The number of rotatable bonds is 7. The Bertz CT molecular complexity index is 635. The summed E-state index contributed by atoms with van der Waals surface area (Å²) in [5.41, 5.74) is -0.188. The first-order chi connectivity index (χ1) is 12.5. The lowest BCUT2D eigenvalue weighted by molar-refractivity contribution is -0.383. The van der Waals surface area contributed by atoms with Crippen molar-refractivity contribution in [2.75, 3.05) is 62.3 Å². The van der Waals surface area contributed by atoms with Gasteiger partial charge in [-0.25, -0.2) is 14.8 Å². The fraction of sp³-hybridized carbons (Fsp3) is 0.667. The zero-order chi connectivity index (χ0) is 19.1. The molecule has 11 nitrogen and oxygen atoms in total. The SMILES string of the molecule is CCOC(=O)N1CCN(c2ncnc(N(CC)CCO)c2[N+](=O)[O-])CC1. The van der Waals surface area contributed by atoms with Gasteiger partial charge in [-0.3, -0.25) is 10.1 Å². The summed E-state index contributed by atoms with van der Waals surface area (Å²) in [5.74, 6) is 0.407. The number of hydrogen-bond acceptors (Lipinski definition) is 9. The summed E-state index contributed by atoms with van der Waals surface area (Å²) in [7, 11) is 0. The second kappa shape index (κ2) is 9.13. The van der Waals surface area contributed by atoms with Crippen molar-refractivity contribution in [1.82, 2.24) is 14.9 Å². The number of nitro groups is 1. The van der Waals surface area contributed by atoms with Crippen LogP contribution in [0.5, 0.6) is 0 Å². The zero-order valence-corrected chi connectivity index (χ0v) is 15.0. The number of aromatic nitrogens is 2. The van der Waals surface area contributed by atoms with Gasteiger partial charge in [0.1, 0.15) is 6.33 Å². The van der Waals surface area contributed by atoms with Crippen LogP contribution in [-0.2, 0) is 4.74 Å². The summed E-state index contributed by atoms with van der Waals surface area (Å²) in [5, 5.41) is 20.9. The molecule has 0 aromatic carbocycles. The third kappa shape index (κ3) is 4.28. The minimum Gasteiger partial charge on any atom is -0.450 e.